The minimum atomic E-state index is -1.07. The smallest absolute Gasteiger partial charge is 0.178 e. The minimum absolute atomic E-state index is 0.00303. The van der Waals surface area contributed by atoms with Crippen molar-refractivity contribution in [2.45, 2.75) is 18.8 Å². The van der Waals surface area contributed by atoms with Crippen molar-refractivity contribution in [2.24, 2.45) is 0 Å². The van der Waals surface area contributed by atoms with Crippen molar-refractivity contribution in [2.75, 3.05) is 13.2 Å². The Hall–Kier alpha value is -2.08. The molecule has 0 fully saturated rings. The fraction of sp³-hybridized carbons (Fsp3) is 0.294. The lowest BCUT2D eigenvalue weighted by atomic mass is 10.1. The van der Waals surface area contributed by atoms with Crippen LogP contribution in [0.4, 0.5) is 0 Å². The maximum Gasteiger partial charge on any atom is 0.178 e. The molecule has 1 radical (unpaired) electrons. The van der Waals surface area contributed by atoms with Gasteiger partial charge in [0, 0.05) is 6.54 Å². The second-order valence-corrected chi connectivity index (χ2v) is 4.98. The van der Waals surface area contributed by atoms with Gasteiger partial charge in [-0.15, -0.1) is 0 Å². The first-order valence-corrected chi connectivity index (χ1v) is 7.18. The summed E-state index contributed by atoms with van der Waals surface area (Å²) >= 11 is 0. The Balaban J connectivity index is 1.67. The molecule has 0 bridgehead atoms. The van der Waals surface area contributed by atoms with Crippen LogP contribution in [0, 0.1) is 0 Å². The maximum absolute atomic E-state index is 11.0. The number of para-hydroxylation sites is 1. The summed E-state index contributed by atoms with van der Waals surface area (Å²) < 4.78 is 5.38. The van der Waals surface area contributed by atoms with Crippen LogP contribution in [0.5, 0.6) is 11.5 Å². The number of aliphatic hydroxyl groups excluding tert-OH is 2. The fourth-order valence-corrected chi connectivity index (χ4v) is 1.95. The summed E-state index contributed by atoms with van der Waals surface area (Å²) in [6.07, 6.45) is -1.43. The molecule has 2 rings (SSSR count). The molecule has 3 N–H and O–H groups in total. The van der Waals surface area contributed by atoms with E-state index in [-0.39, 0.29) is 12.4 Å². The third kappa shape index (κ3) is 5.37. The van der Waals surface area contributed by atoms with E-state index in [4.69, 9.17) is 4.74 Å². The molecule has 0 heterocycles. The van der Waals surface area contributed by atoms with Gasteiger partial charge in [0.2, 0.25) is 0 Å². The van der Waals surface area contributed by atoms with Gasteiger partial charge in [-0.2, -0.15) is 0 Å². The standard InChI is InChI=1S/C17H20NO4/c19-14-8-6-13(7-9-14)10-11-18-17(21)16(20)12-22-15-4-2-1-3-5-15/h1-9,16-18,20-21H,10-12H2/t16-,17?/m1/s1. The molecule has 22 heavy (non-hydrogen) atoms. The molecule has 0 aromatic heterocycles. The van der Waals surface area contributed by atoms with Gasteiger partial charge in [0.1, 0.15) is 24.7 Å². The fourth-order valence-electron chi connectivity index (χ4n) is 1.95. The monoisotopic (exact) mass is 302 g/mol. The lowest BCUT2D eigenvalue weighted by Crippen LogP contribution is -2.43. The minimum Gasteiger partial charge on any atom is -0.491 e. The highest BCUT2D eigenvalue weighted by Crippen LogP contribution is 2.11. The topological polar surface area (TPSA) is 81.6 Å². The van der Waals surface area contributed by atoms with Gasteiger partial charge >= 0.3 is 0 Å². The van der Waals surface area contributed by atoms with E-state index in [1.807, 2.05) is 18.2 Å². The van der Waals surface area contributed by atoms with Crippen LogP contribution in [-0.4, -0.2) is 35.7 Å². The molecule has 0 spiro atoms. The van der Waals surface area contributed by atoms with E-state index in [9.17, 15) is 15.3 Å². The molecule has 0 saturated carbocycles. The molecule has 2 aromatic carbocycles. The van der Waals surface area contributed by atoms with Crippen LogP contribution in [0.1, 0.15) is 5.56 Å². The van der Waals surface area contributed by atoms with Crippen molar-refractivity contribution >= 4 is 0 Å². The van der Waals surface area contributed by atoms with Crippen molar-refractivity contribution in [3.8, 4) is 11.5 Å². The van der Waals surface area contributed by atoms with E-state index in [1.54, 1.807) is 24.3 Å². The van der Waals surface area contributed by atoms with Crippen LogP contribution in [0.15, 0.2) is 54.6 Å². The lowest BCUT2D eigenvalue weighted by Gasteiger charge is -2.19. The molecule has 0 amide bonds. The molecule has 5 nitrogen and oxygen atoms in total. The normalized spacial score (nSPS) is 13.5. The van der Waals surface area contributed by atoms with Crippen molar-refractivity contribution in [3.63, 3.8) is 0 Å². The van der Waals surface area contributed by atoms with Gasteiger partial charge in [-0.3, -0.25) is 10.4 Å². The number of ether oxygens (including phenoxy) is 1. The Morgan fingerprint density at radius 1 is 1.00 bits per heavy atom. The number of rotatable bonds is 8. The number of hydrogen-bond acceptors (Lipinski definition) is 4. The van der Waals surface area contributed by atoms with Crippen LogP contribution in [0.25, 0.3) is 0 Å². The number of aliphatic hydroxyl groups is 2. The summed E-state index contributed by atoms with van der Waals surface area (Å²) in [5.74, 6) is 0.622. The molecular formula is C17H20NO4. The van der Waals surface area contributed by atoms with Crippen LogP contribution >= 0.6 is 0 Å². The molecule has 0 aliphatic carbocycles. The largest absolute Gasteiger partial charge is 0.491 e. The number of benzene rings is 2. The molecular weight excluding hydrogens is 282 g/mol. The average molecular weight is 302 g/mol. The molecule has 2 atom stereocenters. The zero-order chi connectivity index (χ0) is 15.8. The van der Waals surface area contributed by atoms with Crippen molar-refractivity contribution in [1.29, 1.82) is 0 Å². The first kappa shape index (κ1) is 16.3. The molecule has 0 saturated heterocycles. The third-order valence-corrected chi connectivity index (χ3v) is 3.22. The van der Waals surface area contributed by atoms with Crippen molar-refractivity contribution in [3.05, 3.63) is 60.2 Å². The van der Waals surface area contributed by atoms with Gasteiger partial charge in [0.15, 0.2) is 5.75 Å². The van der Waals surface area contributed by atoms with Gasteiger partial charge in [-0.05, 0) is 36.2 Å². The van der Waals surface area contributed by atoms with Gasteiger partial charge in [0.25, 0.3) is 0 Å². The summed E-state index contributed by atoms with van der Waals surface area (Å²) in [7, 11) is 0. The van der Waals surface area contributed by atoms with Crippen LogP contribution < -0.4 is 10.1 Å². The zero-order valence-electron chi connectivity index (χ0n) is 12.2. The third-order valence-electron chi connectivity index (χ3n) is 3.22. The lowest BCUT2D eigenvalue weighted by molar-refractivity contribution is -0.0247. The molecule has 2 aromatic rings. The summed E-state index contributed by atoms with van der Waals surface area (Å²) in [6.45, 7) is 0.491. The first-order chi connectivity index (χ1) is 10.6. The Morgan fingerprint density at radius 2 is 1.68 bits per heavy atom. The molecule has 117 valence electrons. The second-order valence-electron chi connectivity index (χ2n) is 4.98. The van der Waals surface area contributed by atoms with Gasteiger partial charge in [-0.25, -0.2) is 0 Å². The highest BCUT2D eigenvalue weighted by atomic mass is 16.5. The Morgan fingerprint density at radius 3 is 2.36 bits per heavy atom. The Kier molecular flexibility index (Phi) is 6.21. The highest BCUT2D eigenvalue weighted by Gasteiger charge is 2.16. The zero-order valence-corrected chi connectivity index (χ0v) is 12.2. The van der Waals surface area contributed by atoms with Crippen LogP contribution in [-0.2, 0) is 11.5 Å². The molecule has 0 aliphatic rings. The van der Waals surface area contributed by atoms with E-state index in [2.05, 4.69) is 5.32 Å². The SMILES string of the molecule is [O]c1ccc(CCNC(O)[C@H](O)COc2ccccc2)cc1. The predicted octanol–water partition coefficient (Wildman–Crippen LogP) is 1.72. The Labute approximate surface area is 129 Å². The van der Waals surface area contributed by atoms with Crippen LogP contribution in [0.3, 0.4) is 0 Å². The van der Waals surface area contributed by atoms with Crippen molar-refractivity contribution < 1.29 is 20.1 Å². The summed E-state index contributed by atoms with van der Waals surface area (Å²) in [5.41, 5.74) is 0.995. The van der Waals surface area contributed by atoms with E-state index in [0.717, 1.165) is 5.56 Å². The maximum atomic E-state index is 11.0. The van der Waals surface area contributed by atoms with Crippen molar-refractivity contribution in [1.82, 2.24) is 5.32 Å². The van der Waals surface area contributed by atoms with E-state index in [0.29, 0.717) is 18.7 Å². The highest BCUT2D eigenvalue weighted by molar-refractivity contribution is 5.25. The van der Waals surface area contributed by atoms with Crippen LogP contribution in [0.2, 0.25) is 0 Å². The second kappa shape index (κ2) is 8.38. The number of hydrogen-bond donors (Lipinski definition) is 3. The average Bonchev–Trinajstić information content (AvgIpc) is 2.55. The van der Waals surface area contributed by atoms with E-state index < -0.39 is 12.3 Å². The molecule has 5 heteroatoms. The summed E-state index contributed by atoms with van der Waals surface area (Å²) in [6, 6.07) is 15.6. The number of nitrogens with one attached hydrogen (secondary N) is 1. The molecule has 0 aliphatic heterocycles. The summed E-state index contributed by atoms with van der Waals surface area (Å²) in [5, 5.41) is 33.5. The quantitative estimate of drug-likeness (QED) is 0.649. The Bertz CT molecular complexity index is 544. The summed E-state index contributed by atoms with van der Waals surface area (Å²) in [4.78, 5) is 0. The predicted molar refractivity (Wildman–Crippen MR) is 82.2 cm³/mol. The van der Waals surface area contributed by atoms with Gasteiger partial charge in [0.05, 0.1) is 0 Å². The van der Waals surface area contributed by atoms with Gasteiger partial charge in [-0.1, -0.05) is 30.3 Å². The van der Waals surface area contributed by atoms with E-state index >= 15 is 0 Å². The van der Waals surface area contributed by atoms with Gasteiger partial charge < -0.3 is 14.9 Å². The van der Waals surface area contributed by atoms with E-state index in [1.165, 1.54) is 12.1 Å². The molecule has 1 unspecified atom stereocenters. The first-order valence-electron chi connectivity index (χ1n) is 7.18.